The first-order valence-corrected chi connectivity index (χ1v) is 6.71. The smallest absolute Gasteiger partial charge is 0.339 e. The fraction of sp³-hybridized carbons (Fsp3) is 0.0625. The molecule has 1 heterocycles. The van der Waals surface area contributed by atoms with Crippen LogP contribution in [-0.2, 0) is 6.54 Å². The quantitative estimate of drug-likeness (QED) is 0.788. The van der Waals surface area contributed by atoms with Gasteiger partial charge in [0.05, 0.1) is 5.52 Å². The van der Waals surface area contributed by atoms with Gasteiger partial charge in [-0.05, 0) is 11.6 Å². The van der Waals surface area contributed by atoms with E-state index in [9.17, 15) is 14.3 Å². The fourth-order valence-electron chi connectivity index (χ4n) is 2.45. The van der Waals surface area contributed by atoms with Gasteiger partial charge >= 0.3 is 5.97 Å². The van der Waals surface area contributed by atoms with Gasteiger partial charge in [0.2, 0.25) is 0 Å². The molecular formula is C16H11ClFNO2. The largest absolute Gasteiger partial charge is 0.478 e. The van der Waals surface area contributed by atoms with E-state index in [-0.39, 0.29) is 16.2 Å². The van der Waals surface area contributed by atoms with Crippen molar-refractivity contribution >= 4 is 28.5 Å². The normalized spacial score (nSPS) is 11.0. The second-order valence-corrected chi connectivity index (χ2v) is 5.04. The zero-order chi connectivity index (χ0) is 15.0. The summed E-state index contributed by atoms with van der Waals surface area (Å²) in [7, 11) is 0. The van der Waals surface area contributed by atoms with E-state index in [4.69, 9.17) is 11.6 Å². The van der Waals surface area contributed by atoms with Crippen molar-refractivity contribution < 1.29 is 14.3 Å². The van der Waals surface area contributed by atoms with E-state index in [1.54, 1.807) is 6.07 Å². The van der Waals surface area contributed by atoms with Crippen LogP contribution in [0.5, 0.6) is 0 Å². The molecular weight excluding hydrogens is 293 g/mol. The number of carboxylic acids is 1. The third kappa shape index (κ3) is 2.28. The van der Waals surface area contributed by atoms with Crippen LogP contribution < -0.4 is 0 Å². The maximum atomic E-state index is 14.1. The van der Waals surface area contributed by atoms with Gasteiger partial charge in [-0.25, -0.2) is 9.18 Å². The van der Waals surface area contributed by atoms with Crippen LogP contribution in [-0.4, -0.2) is 15.6 Å². The number of aromatic nitrogens is 1. The molecule has 0 radical (unpaired) electrons. The van der Waals surface area contributed by atoms with Gasteiger partial charge in [0.15, 0.2) is 0 Å². The maximum absolute atomic E-state index is 14.1. The predicted molar refractivity (Wildman–Crippen MR) is 79.4 cm³/mol. The van der Waals surface area contributed by atoms with E-state index < -0.39 is 11.8 Å². The summed E-state index contributed by atoms with van der Waals surface area (Å²) in [5.74, 6) is -1.65. The molecule has 21 heavy (non-hydrogen) atoms. The monoisotopic (exact) mass is 303 g/mol. The highest BCUT2D eigenvalue weighted by Crippen LogP contribution is 2.32. The Hall–Kier alpha value is -2.33. The van der Waals surface area contributed by atoms with Crippen molar-refractivity contribution in [2.24, 2.45) is 0 Å². The number of benzene rings is 2. The van der Waals surface area contributed by atoms with Gasteiger partial charge in [0.1, 0.15) is 16.5 Å². The topological polar surface area (TPSA) is 42.2 Å². The Morgan fingerprint density at radius 1 is 1.14 bits per heavy atom. The summed E-state index contributed by atoms with van der Waals surface area (Å²) in [6.45, 7) is 0.310. The van der Waals surface area contributed by atoms with Gasteiger partial charge in [-0.2, -0.15) is 0 Å². The van der Waals surface area contributed by atoms with E-state index in [0.29, 0.717) is 11.9 Å². The molecule has 2 aromatic carbocycles. The minimum Gasteiger partial charge on any atom is -0.478 e. The van der Waals surface area contributed by atoms with Gasteiger partial charge in [-0.3, -0.25) is 0 Å². The summed E-state index contributed by atoms with van der Waals surface area (Å²) in [6, 6.07) is 13.7. The first-order valence-electron chi connectivity index (χ1n) is 6.33. The van der Waals surface area contributed by atoms with Gasteiger partial charge < -0.3 is 9.67 Å². The minimum atomic E-state index is -1.16. The average Bonchev–Trinajstić information content (AvgIpc) is 2.74. The molecule has 5 heteroatoms. The van der Waals surface area contributed by atoms with Crippen LogP contribution in [0, 0.1) is 5.82 Å². The SMILES string of the molecule is O=C(O)c1c(Cl)n(Cc2ccccc2)c2c(F)cccc12. The van der Waals surface area contributed by atoms with Crippen LogP contribution in [0.1, 0.15) is 15.9 Å². The highest BCUT2D eigenvalue weighted by Gasteiger charge is 2.22. The Morgan fingerprint density at radius 2 is 1.86 bits per heavy atom. The standard InChI is InChI=1S/C16H11ClFNO2/c17-15-13(16(20)21)11-7-4-8-12(18)14(11)19(15)9-10-5-2-1-3-6-10/h1-8H,9H2,(H,20,21). The van der Waals surface area contributed by atoms with Gasteiger partial charge in [0, 0.05) is 11.9 Å². The number of carbonyl (C=O) groups is 1. The van der Waals surface area contributed by atoms with Crippen LogP contribution in [0.4, 0.5) is 4.39 Å². The lowest BCUT2D eigenvalue weighted by atomic mass is 10.2. The molecule has 0 atom stereocenters. The summed E-state index contributed by atoms with van der Waals surface area (Å²) in [4.78, 5) is 11.4. The van der Waals surface area contributed by atoms with Crippen molar-refractivity contribution in [3.63, 3.8) is 0 Å². The van der Waals surface area contributed by atoms with Crippen LogP contribution in [0.3, 0.4) is 0 Å². The maximum Gasteiger partial charge on any atom is 0.339 e. The Kier molecular flexibility index (Phi) is 3.39. The summed E-state index contributed by atoms with van der Waals surface area (Å²) in [5, 5.41) is 9.66. The number of para-hydroxylation sites is 1. The second-order valence-electron chi connectivity index (χ2n) is 4.68. The number of fused-ring (bicyclic) bond motifs is 1. The number of rotatable bonds is 3. The number of aromatic carboxylic acids is 1. The molecule has 0 saturated carbocycles. The molecule has 1 aromatic heterocycles. The molecule has 0 aliphatic rings. The van der Waals surface area contributed by atoms with Crippen LogP contribution >= 0.6 is 11.6 Å². The van der Waals surface area contributed by atoms with Crippen LogP contribution in [0.2, 0.25) is 5.15 Å². The van der Waals surface area contributed by atoms with E-state index in [0.717, 1.165) is 5.56 Å². The van der Waals surface area contributed by atoms with Crippen molar-refractivity contribution in [2.45, 2.75) is 6.54 Å². The Morgan fingerprint density at radius 3 is 2.52 bits per heavy atom. The number of carboxylic acid groups (broad SMARTS) is 1. The van der Waals surface area contributed by atoms with Crippen molar-refractivity contribution in [2.75, 3.05) is 0 Å². The second kappa shape index (κ2) is 5.22. The third-order valence-electron chi connectivity index (χ3n) is 3.37. The van der Waals surface area contributed by atoms with Gasteiger partial charge in [-0.15, -0.1) is 0 Å². The lowest BCUT2D eigenvalue weighted by Crippen LogP contribution is -2.02. The lowest BCUT2D eigenvalue weighted by molar-refractivity contribution is 0.0699. The van der Waals surface area contributed by atoms with E-state index in [1.165, 1.54) is 16.7 Å². The molecule has 0 unspecified atom stereocenters. The molecule has 3 aromatic rings. The van der Waals surface area contributed by atoms with Crippen LogP contribution in [0.25, 0.3) is 10.9 Å². The molecule has 0 amide bonds. The zero-order valence-electron chi connectivity index (χ0n) is 10.9. The molecule has 0 spiro atoms. The molecule has 0 bridgehead atoms. The third-order valence-corrected chi connectivity index (χ3v) is 3.76. The Balaban J connectivity index is 2.27. The number of hydrogen-bond donors (Lipinski definition) is 1. The summed E-state index contributed by atoms with van der Waals surface area (Å²) in [6.07, 6.45) is 0. The molecule has 1 N–H and O–H groups in total. The van der Waals surface area contributed by atoms with E-state index >= 15 is 0 Å². The number of hydrogen-bond acceptors (Lipinski definition) is 1. The summed E-state index contributed by atoms with van der Waals surface area (Å²) >= 11 is 6.18. The fourth-order valence-corrected chi connectivity index (χ4v) is 2.78. The van der Waals surface area contributed by atoms with E-state index in [2.05, 4.69) is 0 Å². The predicted octanol–water partition coefficient (Wildman–Crippen LogP) is 4.18. The van der Waals surface area contributed by atoms with Crippen molar-refractivity contribution in [1.29, 1.82) is 0 Å². The molecule has 3 rings (SSSR count). The Labute approximate surface area is 125 Å². The van der Waals surface area contributed by atoms with E-state index in [1.807, 2.05) is 30.3 Å². The molecule has 0 saturated heterocycles. The molecule has 0 aliphatic heterocycles. The van der Waals surface area contributed by atoms with Gasteiger partial charge in [0.25, 0.3) is 0 Å². The number of nitrogens with zero attached hydrogens (tertiary/aromatic N) is 1. The molecule has 3 nitrogen and oxygen atoms in total. The summed E-state index contributed by atoms with van der Waals surface area (Å²) in [5.41, 5.74) is 1.06. The van der Waals surface area contributed by atoms with Crippen molar-refractivity contribution in [3.05, 3.63) is 70.6 Å². The minimum absolute atomic E-state index is 0.0338. The highest BCUT2D eigenvalue weighted by atomic mass is 35.5. The van der Waals surface area contributed by atoms with Crippen LogP contribution in [0.15, 0.2) is 48.5 Å². The highest BCUT2D eigenvalue weighted by molar-refractivity contribution is 6.35. The first-order chi connectivity index (χ1) is 10.1. The molecule has 0 fully saturated rings. The summed E-state index contributed by atoms with van der Waals surface area (Å²) < 4.78 is 15.6. The van der Waals surface area contributed by atoms with Crippen molar-refractivity contribution in [3.8, 4) is 0 Å². The average molecular weight is 304 g/mol. The number of halogens is 2. The molecule has 106 valence electrons. The van der Waals surface area contributed by atoms with Gasteiger partial charge in [-0.1, -0.05) is 54.1 Å². The molecule has 0 aliphatic carbocycles. The first kappa shape index (κ1) is 13.6. The Bertz CT molecular complexity index is 827. The zero-order valence-corrected chi connectivity index (χ0v) is 11.6. The van der Waals surface area contributed by atoms with Crippen molar-refractivity contribution in [1.82, 2.24) is 4.57 Å². The lowest BCUT2D eigenvalue weighted by Gasteiger charge is -2.07.